The molecule has 1 N–H and O–H groups in total. The van der Waals surface area contributed by atoms with Crippen LogP contribution in [-0.2, 0) is 13.1 Å². The van der Waals surface area contributed by atoms with Gasteiger partial charge >= 0.3 is 0 Å². The van der Waals surface area contributed by atoms with Crippen molar-refractivity contribution in [3.8, 4) is 0 Å². The molecule has 0 unspecified atom stereocenters. The lowest BCUT2D eigenvalue weighted by Gasteiger charge is -2.17. The van der Waals surface area contributed by atoms with E-state index in [0.29, 0.717) is 30.3 Å². The molecule has 2 heterocycles. The minimum Gasteiger partial charge on any atom is -0.349 e. The van der Waals surface area contributed by atoms with Crippen LogP contribution >= 0.6 is 0 Å². The number of hydrogen-bond acceptors (Lipinski definition) is 4. The first-order chi connectivity index (χ1) is 13.5. The highest BCUT2D eigenvalue weighted by atomic mass is 16.1. The first-order valence-corrected chi connectivity index (χ1v) is 9.56. The van der Waals surface area contributed by atoms with E-state index in [1.165, 1.54) is 0 Å². The van der Waals surface area contributed by atoms with Crippen molar-refractivity contribution in [2.45, 2.75) is 38.9 Å². The Balaban J connectivity index is 1.43. The number of hydrogen-bond donors (Lipinski definition) is 1. The summed E-state index contributed by atoms with van der Waals surface area (Å²) in [6.07, 6.45) is 3.91. The average Bonchev–Trinajstić information content (AvgIpc) is 3.47. The SMILES string of the molecule is Cc1cccn2c(=O)cc(CN(C)Cc3ccc(C(=O)NC4CC4)cc3)nc12. The zero-order chi connectivity index (χ0) is 19.7. The van der Waals surface area contributed by atoms with Crippen LogP contribution in [-0.4, -0.2) is 33.3 Å². The minimum atomic E-state index is -0.0665. The summed E-state index contributed by atoms with van der Waals surface area (Å²) in [4.78, 5) is 31.2. The molecule has 1 aliphatic rings. The highest BCUT2D eigenvalue weighted by molar-refractivity contribution is 5.94. The Kier molecular flexibility index (Phi) is 4.96. The quantitative estimate of drug-likeness (QED) is 0.718. The van der Waals surface area contributed by atoms with Gasteiger partial charge in [-0.15, -0.1) is 0 Å². The van der Waals surface area contributed by atoms with E-state index < -0.39 is 0 Å². The van der Waals surface area contributed by atoms with Crippen molar-refractivity contribution in [3.63, 3.8) is 0 Å². The molecule has 0 aliphatic heterocycles. The van der Waals surface area contributed by atoms with Crippen LogP contribution in [0.4, 0.5) is 0 Å². The summed E-state index contributed by atoms with van der Waals surface area (Å²) in [6, 6.07) is 13.4. The molecule has 6 heteroatoms. The molecule has 0 spiro atoms. The molecule has 28 heavy (non-hydrogen) atoms. The normalized spacial score (nSPS) is 13.8. The summed E-state index contributed by atoms with van der Waals surface area (Å²) < 4.78 is 1.57. The zero-order valence-electron chi connectivity index (χ0n) is 16.2. The van der Waals surface area contributed by atoms with Crippen LogP contribution < -0.4 is 10.9 Å². The van der Waals surface area contributed by atoms with E-state index in [1.54, 1.807) is 16.7 Å². The lowest BCUT2D eigenvalue weighted by atomic mass is 10.1. The predicted molar refractivity (Wildman–Crippen MR) is 108 cm³/mol. The van der Waals surface area contributed by atoms with Crippen LogP contribution in [0, 0.1) is 6.92 Å². The van der Waals surface area contributed by atoms with Gasteiger partial charge in [0.15, 0.2) is 0 Å². The molecule has 1 aromatic carbocycles. The first-order valence-electron chi connectivity index (χ1n) is 9.56. The monoisotopic (exact) mass is 376 g/mol. The number of rotatable bonds is 6. The molecule has 6 nitrogen and oxygen atoms in total. The number of amides is 1. The lowest BCUT2D eigenvalue weighted by molar-refractivity contribution is 0.0951. The van der Waals surface area contributed by atoms with Gasteiger partial charge in [-0.2, -0.15) is 0 Å². The van der Waals surface area contributed by atoms with Crippen molar-refractivity contribution < 1.29 is 4.79 Å². The standard InChI is InChI=1S/C22H24N4O2/c1-15-4-3-11-26-20(27)12-19(23-21(15)26)14-25(2)13-16-5-7-17(8-6-16)22(28)24-18-9-10-18/h3-8,11-12,18H,9-10,13-14H2,1-2H3,(H,24,28). The second-order valence-electron chi connectivity index (χ2n) is 7.59. The van der Waals surface area contributed by atoms with E-state index >= 15 is 0 Å². The third kappa shape index (κ3) is 4.12. The average molecular weight is 376 g/mol. The number of nitrogens with zero attached hydrogens (tertiary/aromatic N) is 3. The Morgan fingerprint density at radius 1 is 1.21 bits per heavy atom. The van der Waals surface area contributed by atoms with Gasteiger partial charge in [-0.1, -0.05) is 18.2 Å². The summed E-state index contributed by atoms with van der Waals surface area (Å²) in [5.41, 5.74) is 4.16. The fraction of sp³-hybridized carbons (Fsp3) is 0.318. The molecule has 1 fully saturated rings. The van der Waals surface area contributed by atoms with E-state index in [9.17, 15) is 9.59 Å². The molecule has 0 saturated heterocycles. The second kappa shape index (κ2) is 7.56. The Hall–Kier alpha value is -2.99. The van der Waals surface area contributed by atoms with E-state index in [2.05, 4.69) is 15.2 Å². The molecule has 0 radical (unpaired) electrons. The maximum absolute atomic E-state index is 12.3. The fourth-order valence-corrected chi connectivity index (χ4v) is 3.29. The van der Waals surface area contributed by atoms with Crippen LogP contribution in [0.15, 0.2) is 53.5 Å². The third-order valence-corrected chi connectivity index (χ3v) is 4.95. The molecule has 0 bridgehead atoms. The Labute approximate surface area is 163 Å². The van der Waals surface area contributed by atoms with Gasteiger partial charge in [0.1, 0.15) is 5.65 Å². The van der Waals surface area contributed by atoms with Crippen molar-refractivity contribution in [2.75, 3.05) is 7.05 Å². The molecule has 4 rings (SSSR count). The third-order valence-electron chi connectivity index (χ3n) is 4.95. The largest absolute Gasteiger partial charge is 0.349 e. The van der Waals surface area contributed by atoms with Gasteiger partial charge in [-0.3, -0.25) is 18.9 Å². The van der Waals surface area contributed by atoms with E-state index in [0.717, 1.165) is 29.7 Å². The highest BCUT2D eigenvalue weighted by Gasteiger charge is 2.23. The zero-order valence-corrected chi connectivity index (χ0v) is 16.2. The van der Waals surface area contributed by atoms with Gasteiger partial charge in [0, 0.05) is 37.0 Å². The fourth-order valence-electron chi connectivity index (χ4n) is 3.29. The summed E-state index contributed by atoms with van der Waals surface area (Å²) in [5, 5.41) is 3.00. The van der Waals surface area contributed by atoms with Crippen LogP contribution in [0.2, 0.25) is 0 Å². The summed E-state index contributed by atoms with van der Waals surface area (Å²) in [7, 11) is 2.00. The van der Waals surface area contributed by atoms with Gasteiger partial charge in [0.2, 0.25) is 0 Å². The molecule has 1 amide bonds. The van der Waals surface area contributed by atoms with E-state index in [1.807, 2.05) is 50.4 Å². The van der Waals surface area contributed by atoms with Crippen molar-refractivity contribution in [2.24, 2.45) is 0 Å². The molecule has 2 aromatic heterocycles. The Morgan fingerprint density at radius 2 is 1.96 bits per heavy atom. The number of aromatic nitrogens is 2. The van der Waals surface area contributed by atoms with E-state index in [-0.39, 0.29) is 11.5 Å². The van der Waals surface area contributed by atoms with Gasteiger partial charge in [0.05, 0.1) is 5.69 Å². The van der Waals surface area contributed by atoms with Gasteiger partial charge < -0.3 is 5.32 Å². The number of aryl methyl sites for hydroxylation is 1. The highest BCUT2D eigenvalue weighted by Crippen LogP contribution is 2.19. The lowest BCUT2D eigenvalue weighted by Crippen LogP contribution is -2.25. The topological polar surface area (TPSA) is 66.7 Å². The van der Waals surface area contributed by atoms with Crippen molar-refractivity contribution in [1.82, 2.24) is 19.6 Å². The molecular weight excluding hydrogens is 352 g/mol. The molecule has 1 saturated carbocycles. The number of carbonyl (C=O) groups excluding carboxylic acids is 1. The van der Waals surface area contributed by atoms with Crippen LogP contribution in [0.3, 0.4) is 0 Å². The smallest absolute Gasteiger partial charge is 0.258 e. The Bertz CT molecular complexity index is 1070. The number of fused-ring (bicyclic) bond motifs is 1. The number of benzene rings is 1. The van der Waals surface area contributed by atoms with Crippen LogP contribution in [0.1, 0.15) is 40.0 Å². The maximum Gasteiger partial charge on any atom is 0.258 e. The number of pyridine rings is 1. The van der Waals surface area contributed by atoms with Crippen LogP contribution in [0.5, 0.6) is 0 Å². The maximum atomic E-state index is 12.3. The summed E-state index contributed by atoms with van der Waals surface area (Å²) in [5.74, 6) is -0.00128. The first kappa shape index (κ1) is 18.4. The predicted octanol–water partition coefficient (Wildman–Crippen LogP) is 2.53. The molecule has 1 aliphatic carbocycles. The molecule has 3 aromatic rings. The summed E-state index contributed by atoms with van der Waals surface area (Å²) in [6.45, 7) is 3.24. The summed E-state index contributed by atoms with van der Waals surface area (Å²) >= 11 is 0. The molecule has 144 valence electrons. The Morgan fingerprint density at radius 3 is 2.68 bits per heavy atom. The second-order valence-corrected chi connectivity index (χ2v) is 7.59. The van der Waals surface area contributed by atoms with Gasteiger partial charge in [-0.05, 0) is 56.1 Å². The van der Waals surface area contributed by atoms with Crippen LogP contribution in [0.25, 0.3) is 5.65 Å². The van der Waals surface area contributed by atoms with E-state index in [4.69, 9.17) is 0 Å². The van der Waals surface area contributed by atoms with Gasteiger partial charge in [0.25, 0.3) is 11.5 Å². The van der Waals surface area contributed by atoms with Crippen molar-refractivity contribution >= 4 is 11.6 Å². The minimum absolute atomic E-state index is 0.00128. The molecule has 0 atom stereocenters. The van der Waals surface area contributed by atoms with Crippen molar-refractivity contribution in [1.29, 1.82) is 0 Å². The number of nitrogens with one attached hydrogen (secondary N) is 1. The van der Waals surface area contributed by atoms with Crippen molar-refractivity contribution in [3.05, 3.63) is 81.4 Å². The molecular formula is C22H24N4O2. The number of carbonyl (C=O) groups is 1. The van der Waals surface area contributed by atoms with Gasteiger partial charge in [-0.25, -0.2) is 4.98 Å².